The molecule has 2 N–H and O–H groups in total. The molecule has 2 aromatic carbocycles. The molecule has 0 aliphatic heterocycles. The van der Waals surface area contributed by atoms with Crippen molar-refractivity contribution >= 4 is 17.7 Å². The summed E-state index contributed by atoms with van der Waals surface area (Å²) >= 11 is 0. The number of nitrogens with zero attached hydrogens (tertiary/aromatic N) is 1. The fourth-order valence-corrected chi connectivity index (χ4v) is 2.08. The van der Waals surface area contributed by atoms with Gasteiger partial charge in [-0.05, 0) is 41.3 Å². The number of hydrogen-bond acceptors (Lipinski definition) is 4. The first-order valence-corrected chi connectivity index (χ1v) is 7.47. The fourth-order valence-electron chi connectivity index (χ4n) is 2.08. The van der Waals surface area contributed by atoms with Crippen LogP contribution in [0.5, 0.6) is 0 Å². The lowest BCUT2D eigenvalue weighted by atomic mass is 10.1. The molecule has 2 rings (SSSR count). The van der Waals surface area contributed by atoms with E-state index in [1.807, 2.05) is 24.3 Å². The maximum Gasteiger partial charge on any atom is 0.269 e. The molecule has 0 spiro atoms. The van der Waals surface area contributed by atoms with E-state index in [0.717, 1.165) is 16.7 Å². The minimum absolute atomic E-state index is 0.0174. The van der Waals surface area contributed by atoms with Crippen molar-refractivity contribution in [1.29, 1.82) is 0 Å². The van der Waals surface area contributed by atoms with Crippen LogP contribution in [0.4, 0.5) is 5.69 Å². The largest absolute Gasteiger partial charge is 0.392 e. The Morgan fingerprint density at radius 3 is 2.29 bits per heavy atom. The van der Waals surface area contributed by atoms with E-state index in [1.54, 1.807) is 18.2 Å². The van der Waals surface area contributed by atoms with Crippen LogP contribution in [0.25, 0.3) is 6.08 Å². The lowest BCUT2D eigenvalue weighted by Crippen LogP contribution is -2.23. The molecule has 0 fully saturated rings. The molecule has 0 atom stereocenters. The third kappa shape index (κ3) is 5.33. The van der Waals surface area contributed by atoms with Gasteiger partial charge >= 0.3 is 0 Å². The van der Waals surface area contributed by atoms with Crippen LogP contribution in [0.1, 0.15) is 16.7 Å². The van der Waals surface area contributed by atoms with Crippen molar-refractivity contribution in [2.24, 2.45) is 0 Å². The van der Waals surface area contributed by atoms with Crippen molar-refractivity contribution in [3.05, 3.63) is 81.4 Å². The first-order chi connectivity index (χ1) is 11.6. The Bertz CT molecular complexity index is 722. The van der Waals surface area contributed by atoms with Gasteiger partial charge in [-0.25, -0.2) is 0 Å². The molecule has 0 bridgehead atoms. The Kier molecular flexibility index (Phi) is 6.22. The summed E-state index contributed by atoms with van der Waals surface area (Å²) in [6.45, 7) is 0.520. The van der Waals surface area contributed by atoms with E-state index in [4.69, 9.17) is 5.11 Å². The van der Waals surface area contributed by atoms with Crippen LogP contribution in [-0.4, -0.2) is 22.5 Å². The van der Waals surface area contributed by atoms with Crippen LogP contribution in [0.2, 0.25) is 0 Å². The minimum atomic E-state index is -0.465. The average molecular weight is 326 g/mol. The van der Waals surface area contributed by atoms with E-state index >= 15 is 0 Å². The molecule has 0 aliphatic rings. The second-order valence-corrected chi connectivity index (χ2v) is 5.20. The van der Waals surface area contributed by atoms with Gasteiger partial charge in [-0.15, -0.1) is 0 Å². The summed E-state index contributed by atoms with van der Waals surface area (Å²) in [5, 5.41) is 22.3. The molecule has 0 saturated carbocycles. The molecule has 24 heavy (non-hydrogen) atoms. The Morgan fingerprint density at radius 2 is 1.71 bits per heavy atom. The summed E-state index contributed by atoms with van der Waals surface area (Å²) in [6.07, 6.45) is 3.70. The van der Waals surface area contributed by atoms with E-state index < -0.39 is 4.92 Å². The molecule has 6 nitrogen and oxygen atoms in total. The van der Waals surface area contributed by atoms with Gasteiger partial charge in [0.15, 0.2) is 0 Å². The van der Waals surface area contributed by atoms with Gasteiger partial charge in [-0.3, -0.25) is 14.9 Å². The van der Waals surface area contributed by atoms with Crippen LogP contribution < -0.4 is 5.32 Å². The Labute approximate surface area is 139 Å². The van der Waals surface area contributed by atoms with Crippen molar-refractivity contribution in [3.8, 4) is 0 Å². The van der Waals surface area contributed by atoms with Crippen LogP contribution >= 0.6 is 0 Å². The van der Waals surface area contributed by atoms with E-state index in [1.165, 1.54) is 18.2 Å². The summed E-state index contributed by atoms with van der Waals surface area (Å²) in [7, 11) is 0. The topological polar surface area (TPSA) is 92.5 Å². The third-order valence-electron chi connectivity index (χ3n) is 3.45. The van der Waals surface area contributed by atoms with Crippen LogP contribution in [0, 0.1) is 10.1 Å². The summed E-state index contributed by atoms with van der Waals surface area (Å²) in [5.74, 6) is -0.222. The Balaban J connectivity index is 1.78. The van der Waals surface area contributed by atoms with Crippen LogP contribution in [0.15, 0.2) is 54.6 Å². The Morgan fingerprint density at radius 1 is 1.08 bits per heavy atom. The number of non-ortho nitro benzene ring substituents is 1. The zero-order chi connectivity index (χ0) is 17.4. The molecular formula is C18H18N2O4. The van der Waals surface area contributed by atoms with Gasteiger partial charge in [0.25, 0.3) is 5.69 Å². The van der Waals surface area contributed by atoms with Crippen LogP contribution in [0.3, 0.4) is 0 Å². The second-order valence-electron chi connectivity index (χ2n) is 5.20. The molecule has 6 heteroatoms. The number of rotatable bonds is 7. The highest BCUT2D eigenvalue weighted by Crippen LogP contribution is 2.12. The number of carbonyl (C=O) groups is 1. The van der Waals surface area contributed by atoms with Gasteiger partial charge in [0.2, 0.25) is 5.91 Å². The summed E-state index contributed by atoms with van der Waals surface area (Å²) < 4.78 is 0. The number of nitrogens with one attached hydrogen (secondary N) is 1. The predicted molar refractivity (Wildman–Crippen MR) is 91.2 cm³/mol. The van der Waals surface area contributed by atoms with E-state index in [9.17, 15) is 14.9 Å². The summed E-state index contributed by atoms with van der Waals surface area (Å²) in [5.41, 5.74) is 2.67. The van der Waals surface area contributed by atoms with E-state index in [-0.39, 0.29) is 18.2 Å². The van der Waals surface area contributed by atoms with Gasteiger partial charge in [0, 0.05) is 24.8 Å². The first kappa shape index (κ1) is 17.4. The summed E-state index contributed by atoms with van der Waals surface area (Å²) in [4.78, 5) is 21.8. The minimum Gasteiger partial charge on any atom is -0.392 e. The lowest BCUT2D eigenvalue weighted by molar-refractivity contribution is -0.384. The predicted octanol–water partition coefficient (Wildman–Crippen LogP) is 2.46. The van der Waals surface area contributed by atoms with E-state index in [0.29, 0.717) is 13.0 Å². The molecule has 0 unspecified atom stereocenters. The molecule has 1 amide bonds. The zero-order valence-electron chi connectivity index (χ0n) is 13.0. The number of nitro groups is 1. The number of benzene rings is 2. The van der Waals surface area contributed by atoms with Gasteiger partial charge in [-0.1, -0.05) is 24.3 Å². The maximum absolute atomic E-state index is 11.7. The molecule has 0 heterocycles. The molecule has 0 saturated heterocycles. The molecule has 0 radical (unpaired) electrons. The van der Waals surface area contributed by atoms with Crippen molar-refractivity contribution in [1.82, 2.24) is 5.32 Å². The number of hydrogen-bond donors (Lipinski definition) is 2. The van der Waals surface area contributed by atoms with Gasteiger partial charge in [0.1, 0.15) is 0 Å². The van der Waals surface area contributed by atoms with Gasteiger partial charge in [-0.2, -0.15) is 0 Å². The molecule has 2 aromatic rings. The van der Waals surface area contributed by atoms with Gasteiger partial charge < -0.3 is 10.4 Å². The monoisotopic (exact) mass is 326 g/mol. The fraction of sp³-hybridized carbons (Fsp3) is 0.167. The maximum atomic E-state index is 11.7. The van der Waals surface area contributed by atoms with Crippen molar-refractivity contribution < 1.29 is 14.8 Å². The van der Waals surface area contributed by atoms with Crippen molar-refractivity contribution in [3.63, 3.8) is 0 Å². The number of amides is 1. The number of nitro benzene ring substituents is 1. The summed E-state index contributed by atoms with van der Waals surface area (Å²) in [6, 6.07) is 13.5. The van der Waals surface area contributed by atoms with Crippen LogP contribution in [-0.2, 0) is 17.8 Å². The highest BCUT2D eigenvalue weighted by atomic mass is 16.6. The number of aliphatic hydroxyl groups excluding tert-OH is 1. The third-order valence-corrected chi connectivity index (χ3v) is 3.45. The zero-order valence-corrected chi connectivity index (χ0v) is 13.0. The molecule has 0 aromatic heterocycles. The SMILES string of the molecule is O=C(/C=C/c1ccc([N+](=O)[O-])cc1)NCCc1ccc(CO)cc1. The molecule has 0 aliphatic carbocycles. The molecule has 124 valence electrons. The first-order valence-electron chi connectivity index (χ1n) is 7.47. The lowest BCUT2D eigenvalue weighted by Gasteiger charge is -2.04. The normalized spacial score (nSPS) is 10.7. The number of aliphatic hydroxyl groups is 1. The smallest absolute Gasteiger partial charge is 0.269 e. The van der Waals surface area contributed by atoms with Crippen molar-refractivity contribution in [2.75, 3.05) is 6.54 Å². The van der Waals surface area contributed by atoms with Gasteiger partial charge in [0.05, 0.1) is 11.5 Å². The molecular weight excluding hydrogens is 308 g/mol. The standard InChI is InChI=1S/C18H18N2O4/c21-13-16-3-1-15(2-4-16)11-12-19-18(22)10-7-14-5-8-17(9-6-14)20(23)24/h1-10,21H,11-13H2,(H,19,22)/b10-7+. The number of carbonyl (C=O) groups excluding carboxylic acids is 1. The highest BCUT2D eigenvalue weighted by molar-refractivity contribution is 5.91. The highest BCUT2D eigenvalue weighted by Gasteiger charge is 2.02. The Hall–Kier alpha value is -2.99. The van der Waals surface area contributed by atoms with Crippen molar-refractivity contribution in [2.45, 2.75) is 13.0 Å². The quantitative estimate of drug-likeness (QED) is 0.464. The average Bonchev–Trinajstić information content (AvgIpc) is 2.61. The second kappa shape index (κ2) is 8.59. The van der Waals surface area contributed by atoms with E-state index in [2.05, 4.69) is 5.32 Å².